The maximum atomic E-state index is 12.8. The second-order valence-corrected chi connectivity index (χ2v) is 11.5. The smallest absolute Gasteiger partial charge is 0.224 e. The summed E-state index contributed by atoms with van der Waals surface area (Å²) in [6.45, 7) is 3.09. The number of carbonyl (C=O) groups excluding carboxylic acids is 1. The van der Waals surface area contributed by atoms with Crippen molar-refractivity contribution in [3.8, 4) is 0 Å². The normalized spacial score (nSPS) is 42.3. The zero-order valence-electron chi connectivity index (χ0n) is 15.5. The molecule has 1 heterocycles. The summed E-state index contributed by atoms with van der Waals surface area (Å²) in [6, 6.07) is 0.210. The van der Waals surface area contributed by atoms with Gasteiger partial charge in [0.05, 0.1) is 12.2 Å². The lowest BCUT2D eigenvalue weighted by atomic mass is 9.48. The number of nitrogens with one attached hydrogen (secondary N) is 1. The molecular weight excluding hydrogens is 336 g/mol. The zero-order valence-corrected chi connectivity index (χ0v) is 16.4. The Morgan fingerprint density at radius 1 is 1.12 bits per heavy atom. The van der Waals surface area contributed by atoms with Crippen molar-refractivity contribution in [3.63, 3.8) is 0 Å². The van der Waals surface area contributed by atoms with Gasteiger partial charge in [-0.3, -0.25) is 4.79 Å². The number of piperidine rings is 1. The molecule has 1 saturated heterocycles. The van der Waals surface area contributed by atoms with Crippen molar-refractivity contribution < 1.29 is 13.2 Å². The fraction of sp³-hybridized carbons (Fsp3) is 0.947. The molecule has 4 bridgehead atoms. The molecule has 0 aromatic rings. The second kappa shape index (κ2) is 6.22. The summed E-state index contributed by atoms with van der Waals surface area (Å²) in [5.74, 6) is 2.50. The molecule has 1 amide bonds. The van der Waals surface area contributed by atoms with Crippen LogP contribution >= 0.6 is 0 Å². The van der Waals surface area contributed by atoms with Crippen LogP contribution in [0, 0.1) is 29.1 Å². The number of carbonyl (C=O) groups is 1. The van der Waals surface area contributed by atoms with Gasteiger partial charge in [0.2, 0.25) is 15.9 Å². The van der Waals surface area contributed by atoms with Gasteiger partial charge in [-0.1, -0.05) is 0 Å². The molecule has 5 rings (SSSR count). The van der Waals surface area contributed by atoms with Gasteiger partial charge < -0.3 is 5.32 Å². The fourth-order valence-corrected chi connectivity index (χ4v) is 7.56. The Labute approximate surface area is 152 Å². The topological polar surface area (TPSA) is 66.5 Å². The number of sulfonamides is 1. The number of hydrogen-bond acceptors (Lipinski definition) is 3. The van der Waals surface area contributed by atoms with Crippen molar-refractivity contribution in [2.75, 3.05) is 19.3 Å². The van der Waals surface area contributed by atoms with E-state index in [9.17, 15) is 13.2 Å². The molecule has 1 aliphatic heterocycles. The van der Waals surface area contributed by atoms with Crippen LogP contribution in [-0.4, -0.2) is 44.0 Å². The van der Waals surface area contributed by atoms with E-state index in [1.54, 1.807) is 0 Å². The highest BCUT2D eigenvalue weighted by Crippen LogP contribution is 2.61. The van der Waals surface area contributed by atoms with Crippen LogP contribution in [0.3, 0.4) is 0 Å². The van der Waals surface area contributed by atoms with Crippen molar-refractivity contribution in [1.82, 2.24) is 9.62 Å². The van der Waals surface area contributed by atoms with Crippen molar-refractivity contribution in [3.05, 3.63) is 0 Å². The van der Waals surface area contributed by atoms with Crippen LogP contribution in [0.4, 0.5) is 0 Å². The van der Waals surface area contributed by atoms with Crippen LogP contribution in [0.5, 0.6) is 0 Å². The minimum Gasteiger partial charge on any atom is -0.353 e. The molecule has 6 heteroatoms. The molecule has 2 unspecified atom stereocenters. The van der Waals surface area contributed by atoms with Gasteiger partial charge in [-0.05, 0) is 81.5 Å². The van der Waals surface area contributed by atoms with Crippen LogP contribution in [0.2, 0.25) is 0 Å². The molecule has 0 aromatic heterocycles. The first-order chi connectivity index (χ1) is 11.7. The van der Waals surface area contributed by atoms with Crippen molar-refractivity contribution in [2.45, 2.75) is 64.3 Å². The molecule has 0 spiro atoms. The van der Waals surface area contributed by atoms with Gasteiger partial charge in [-0.2, -0.15) is 0 Å². The average Bonchev–Trinajstić information content (AvgIpc) is 2.53. The number of hydrogen-bond donors (Lipinski definition) is 1. The van der Waals surface area contributed by atoms with E-state index in [1.165, 1.54) is 49.1 Å². The Kier molecular flexibility index (Phi) is 4.42. The van der Waals surface area contributed by atoms with E-state index in [0.717, 1.165) is 30.6 Å². The zero-order chi connectivity index (χ0) is 17.8. The van der Waals surface area contributed by atoms with E-state index < -0.39 is 10.0 Å². The van der Waals surface area contributed by atoms with E-state index in [1.807, 2.05) is 0 Å². The first kappa shape index (κ1) is 17.8. The molecule has 2 atom stereocenters. The van der Waals surface area contributed by atoms with Gasteiger partial charge in [-0.15, -0.1) is 0 Å². The summed E-state index contributed by atoms with van der Waals surface area (Å²) >= 11 is 0. The Morgan fingerprint density at radius 3 is 2.20 bits per heavy atom. The molecule has 142 valence electrons. The van der Waals surface area contributed by atoms with Gasteiger partial charge in [-0.25, -0.2) is 12.7 Å². The summed E-state index contributed by atoms with van der Waals surface area (Å²) < 4.78 is 25.1. The van der Waals surface area contributed by atoms with Crippen LogP contribution in [0.1, 0.15) is 58.3 Å². The lowest BCUT2D eigenvalue weighted by Crippen LogP contribution is -2.57. The second-order valence-electron chi connectivity index (χ2n) is 9.47. The maximum Gasteiger partial charge on any atom is 0.224 e. The van der Waals surface area contributed by atoms with Gasteiger partial charge in [0.25, 0.3) is 0 Å². The third kappa shape index (κ3) is 3.36. The molecule has 5 fully saturated rings. The lowest BCUT2D eigenvalue weighted by molar-refractivity contribution is -0.130. The number of rotatable bonds is 4. The Balaban J connectivity index is 1.41. The number of nitrogens with zero attached hydrogens (tertiary/aromatic N) is 1. The van der Waals surface area contributed by atoms with Crippen molar-refractivity contribution in [1.29, 1.82) is 0 Å². The highest BCUT2D eigenvalue weighted by atomic mass is 32.2. The van der Waals surface area contributed by atoms with E-state index in [-0.39, 0.29) is 17.9 Å². The van der Waals surface area contributed by atoms with E-state index in [2.05, 4.69) is 12.2 Å². The van der Waals surface area contributed by atoms with Crippen molar-refractivity contribution >= 4 is 15.9 Å². The van der Waals surface area contributed by atoms with E-state index in [0.29, 0.717) is 18.5 Å². The SMILES string of the molecule is CC(NC(=O)C1CCCN(S(C)(=O)=O)C1)C12CC3CC(CC(C3)C1)C2. The molecule has 0 aromatic carbocycles. The highest BCUT2D eigenvalue weighted by Gasteiger charge is 2.53. The van der Waals surface area contributed by atoms with Crippen LogP contribution < -0.4 is 5.32 Å². The minimum absolute atomic E-state index is 0.0663. The van der Waals surface area contributed by atoms with Crippen molar-refractivity contribution in [2.24, 2.45) is 29.1 Å². The van der Waals surface area contributed by atoms with Crippen LogP contribution in [-0.2, 0) is 14.8 Å². The Bertz CT molecular complexity index is 610. The predicted molar refractivity (Wildman–Crippen MR) is 97.4 cm³/mol. The monoisotopic (exact) mass is 368 g/mol. The average molecular weight is 369 g/mol. The maximum absolute atomic E-state index is 12.8. The molecule has 4 saturated carbocycles. The van der Waals surface area contributed by atoms with Gasteiger partial charge in [0, 0.05) is 19.1 Å². The Morgan fingerprint density at radius 2 is 1.68 bits per heavy atom. The molecular formula is C19H32N2O3S. The molecule has 4 aliphatic carbocycles. The predicted octanol–water partition coefficient (Wildman–Crippen LogP) is 2.38. The first-order valence-electron chi connectivity index (χ1n) is 10.0. The lowest BCUT2D eigenvalue weighted by Gasteiger charge is -2.59. The molecule has 0 radical (unpaired) electrons. The summed E-state index contributed by atoms with van der Waals surface area (Å²) in [5, 5.41) is 3.32. The quantitative estimate of drug-likeness (QED) is 0.828. The van der Waals surface area contributed by atoms with E-state index >= 15 is 0 Å². The van der Waals surface area contributed by atoms with Crippen LogP contribution in [0.15, 0.2) is 0 Å². The largest absolute Gasteiger partial charge is 0.353 e. The summed E-state index contributed by atoms with van der Waals surface area (Å²) in [6.07, 6.45) is 10.9. The highest BCUT2D eigenvalue weighted by molar-refractivity contribution is 7.88. The van der Waals surface area contributed by atoms with E-state index in [4.69, 9.17) is 0 Å². The summed E-state index contributed by atoms with van der Waals surface area (Å²) in [4.78, 5) is 12.8. The third-order valence-corrected chi connectivity index (χ3v) is 8.86. The fourth-order valence-electron chi connectivity index (χ4n) is 6.65. The van der Waals surface area contributed by atoms with Crippen LogP contribution in [0.25, 0.3) is 0 Å². The summed E-state index contributed by atoms with van der Waals surface area (Å²) in [7, 11) is -3.20. The first-order valence-corrected chi connectivity index (χ1v) is 11.9. The van der Waals surface area contributed by atoms with Gasteiger partial charge in [0.1, 0.15) is 0 Å². The molecule has 5 nitrogen and oxygen atoms in total. The standard InChI is InChI=1S/C19H32N2O3S/c1-13(19-9-14-6-15(10-19)8-16(7-14)11-19)20-18(22)17-4-3-5-21(12-17)25(2,23)24/h13-17H,3-12H2,1-2H3,(H,20,22). The third-order valence-electron chi connectivity index (χ3n) is 7.59. The Hall–Kier alpha value is -0.620. The van der Waals surface area contributed by atoms with Gasteiger partial charge in [0.15, 0.2) is 0 Å². The minimum atomic E-state index is -3.20. The van der Waals surface area contributed by atoms with Gasteiger partial charge >= 0.3 is 0 Å². The summed E-state index contributed by atoms with van der Waals surface area (Å²) in [5.41, 5.74) is 0.301. The number of amides is 1. The molecule has 5 aliphatic rings. The molecule has 1 N–H and O–H groups in total. The molecule has 25 heavy (non-hydrogen) atoms.